The first kappa shape index (κ1) is 63.1. The lowest BCUT2D eigenvalue weighted by Gasteiger charge is -2.27. The molecule has 4 aromatic carbocycles. The number of carbonyl (C=O) groups excluding carboxylic acids is 5. The molecule has 16 nitrogen and oxygen atoms in total. The van der Waals surface area contributed by atoms with Crippen LogP contribution < -0.4 is 33.4 Å². The van der Waals surface area contributed by atoms with Crippen molar-refractivity contribution >= 4 is 62.7 Å². The normalized spacial score (nSPS) is 16.8. The van der Waals surface area contributed by atoms with Crippen LogP contribution in [0.3, 0.4) is 0 Å². The third-order valence-electron chi connectivity index (χ3n) is 14.8. The van der Waals surface area contributed by atoms with E-state index < -0.39 is 23.8 Å². The largest absolute Gasteiger partial charge is 0.494 e. The van der Waals surface area contributed by atoms with E-state index in [2.05, 4.69) is 20.1 Å². The summed E-state index contributed by atoms with van der Waals surface area (Å²) in [5.74, 6) is 0.605. The Bertz CT molecular complexity index is 2840. The van der Waals surface area contributed by atoms with E-state index in [0.717, 1.165) is 123 Å². The molecule has 2 saturated carbocycles. The molecule has 0 atom stereocenters. The fraction of sp³-hybridized carbons (Fsp3) is 0.470. The maximum absolute atomic E-state index is 14.0. The molecule has 2 fully saturated rings. The van der Waals surface area contributed by atoms with Gasteiger partial charge in [0.2, 0.25) is 5.13 Å². The highest BCUT2D eigenvalue weighted by atomic mass is 32.1. The van der Waals surface area contributed by atoms with E-state index in [0.29, 0.717) is 107 Å². The molecule has 1 heterocycles. The summed E-state index contributed by atoms with van der Waals surface area (Å²) < 4.78 is 47.0. The van der Waals surface area contributed by atoms with Gasteiger partial charge in [-0.05, 0) is 194 Å². The summed E-state index contributed by atoms with van der Waals surface area (Å²) in [6.07, 6.45) is 20.1. The Balaban J connectivity index is 0.900. The van der Waals surface area contributed by atoms with Crippen LogP contribution >= 0.6 is 11.3 Å². The van der Waals surface area contributed by atoms with Crippen molar-refractivity contribution in [3.05, 3.63) is 122 Å². The van der Waals surface area contributed by atoms with Crippen LogP contribution in [0.2, 0.25) is 0 Å². The maximum atomic E-state index is 14.0. The molecule has 83 heavy (non-hydrogen) atoms. The highest BCUT2D eigenvalue weighted by Gasteiger charge is 2.33. The quantitative estimate of drug-likeness (QED) is 0.00930. The number of hydrogen-bond donors (Lipinski definition) is 0. The van der Waals surface area contributed by atoms with Gasteiger partial charge in [-0.15, -0.1) is 0 Å². The molecular formula is C66H81N3O13S. The Morgan fingerprint density at radius 1 is 0.554 bits per heavy atom. The van der Waals surface area contributed by atoms with Crippen molar-refractivity contribution in [2.24, 2.45) is 28.8 Å². The number of anilines is 1. The summed E-state index contributed by atoms with van der Waals surface area (Å²) >= 11 is 1.56. The summed E-state index contributed by atoms with van der Waals surface area (Å²) in [5.41, 5.74) is 1.35. The van der Waals surface area contributed by atoms with Crippen molar-refractivity contribution in [2.45, 2.75) is 135 Å². The number of unbranched alkanes of at least 4 members (excludes halogenated alkanes) is 9. The summed E-state index contributed by atoms with van der Waals surface area (Å²) in [6, 6.07) is 27.6. The fourth-order valence-corrected chi connectivity index (χ4v) is 10.9. The number of aromatic nitrogens is 1. The molecule has 0 radical (unpaired) electrons. The second-order valence-electron chi connectivity index (χ2n) is 21.1. The van der Waals surface area contributed by atoms with Crippen molar-refractivity contribution in [3.8, 4) is 34.5 Å². The molecule has 0 unspecified atom stereocenters. The van der Waals surface area contributed by atoms with Crippen molar-refractivity contribution in [1.29, 1.82) is 0 Å². The van der Waals surface area contributed by atoms with Crippen LogP contribution in [0, 0.1) is 23.7 Å². The first-order chi connectivity index (χ1) is 40.6. The predicted octanol–water partition coefficient (Wildman–Crippen LogP) is 14.2. The average Bonchev–Trinajstić information content (AvgIpc) is 4.13. The van der Waals surface area contributed by atoms with Crippen molar-refractivity contribution in [1.82, 2.24) is 4.98 Å². The smallest absolute Gasteiger partial charge is 0.330 e. The zero-order valence-corrected chi connectivity index (χ0v) is 48.9. The lowest BCUT2D eigenvalue weighted by atomic mass is 9.82. The van der Waals surface area contributed by atoms with Gasteiger partial charge in [0.25, 0.3) is 0 Å². The predicted molar refractivity (Wildman–Crippen MR) is 322 cm³/mol. The number of nitrogens with zero attached hydrogens (tertiary/aromatic N) is 3. The number of fused-ring (bicyclic) bond motifs is 1. The summed E-state index contributed by atoms with van der Waals surface area (Å²) in [6.45, 7) is 12.1. The monoisotopic (exact) mass is 1160 g/mol. The number of carbonyl (C=O) groups is 5. The minimum absolute atomic E-state index is 0.279. The van der Waals surface area contributed by atoms with E-state index in [-0.39, 0.29) is 29.5 Å². The molecule has 0 bridgehead atoms. The molecule has 17 heteroatoms. The van der Waals surface area contributed by atoms with E-state index in [1.807, 2.05) is 53.5 Å². The Kier molecular flexibility index (Phi) is 26.4. The molecule has 7 rings (SSSR count). The first-order valence-electron chi connectivity index (χ1n) is 29.7. The number of hydrogen-bond acceptors (Lipinski definition) is 17. The van der Waals surface area contributed by atoms with Gasteiger partial charge in [0, 0.05) is 24.3 Å². The molecule has 0 aliphatic heterocycles. The number of para-hydroxylation sites is 1. The molecule has 0 amide bonds. The molecular weight excluding hydrogens is 1070 g/mol. The van der Waals surface area contributed by atoms with Gasteiger partial charge in [-0.2, -0.15) is 5.10 Å². The van der Waals surface area contributed by atoms with Gasteiger partial charge in [-0.25, -0.2) is 19.6 Å². The van der Waals surface area contributed by atoms with Gasteiger partial charge in [-0.1, -0.05) is 62.8 Å². The number of hydrazone groups is 1. The minimum atomic E-state index is -0.437. The number of ether oxygens (including phenoxy) is 8. The summed E-state index contributed by atoms with van der Waals surface area (Å²) in [5, 5.41) is 7.59. The Hall–Kier alpha value is -7.53. The van der Waals surface area contributed by atoms with Gasteiger partial charge in [0.15, 0.2) is 0 Å². The highest BCUT2D eigenvalue weighted by Crippen LogP contribution is 2.36. The van der Waals surface area contributed by atoms with E-state index in [4.69, 9.17) is 48.0 Å². The molecule has 2 aliphatic rings. The van der Waals surface area contributed by atoms with E-state index >= 15 is 0 Å². The van der Waals surface area contributed by atoms with Crippen LogP contribution in [0.4, 0.5) is 5.13 Å². The van der Waals surface area contributed by atoms with E-state index in [9.17, 15) is 24.0 Å². The second-order valence-corrected chi connectivity index (χ2v) is 22.2. The zero-order chi connectivity index (χ0) is 58.4. The molecule has 1 aromatic heterocycles. The van der Waals surface area contributed by atoms with Crippen LogP contribution in [0.15, 0.2) is 121 Å². The highest BCUT2D eigenvalue weighted by molar-refractivity contribution is 7.22. The molecule has 5 aromatic rings. The lowest BCUT2D eigenvalue weighted by molar-refractivity contribution is -0.145. The number of benzene rings is 4. The topological polar surface area (TPSA) is 188 Å². The minimum Gasteiger partial charge on any atom is -0.494 e. The number of thiazole rings is 1. The van der Waals surface area contributed by atoms with E-state index in [1.54, 1.807) is 60.0 Å². The van der Waals surface area contributed by atoms with Crippen LogP contribution in [-0.4, -0.2) is 80.6 Å². The van der Waals surface area contributed by atoms with Crippen LogP contribution in [0.25, 0.3) is 10.2 Å². The SMILES string of the molecule is C=CC(=O)OCCCCCCOc1ccc(OCC2CCC(C(=O)Oc3ccc(OC(=O)C4CCC(C(=O)Oc5ccc(OCCCCCCOC(=O)C=C)cc5)CC4)c(/C=N\N(CCCCCC)c4nc5ccccc5s4)c3)CC2)cc1. The lowest BCUT2D eigenvalue weighted by Crippen LogP contribution is -2.30. The molecule has 0 spiro atoms. The molecule has 0 N–H and O–H groups in total. The van der Waals surface area contributed by atoms with Crippen LogP contribution in [-0.2, 0) is 33.4 Å². The average molecular weight is 1160 g/mol. The van der Waals surface area contributed by atoms with Crippen LogP contribution in [0.5, 0.6) is 34.5 Å². The second kappa shape index (κ2) is 34.8. The molecule has 0 saturated heterocycles. The third kappa shape index (κ3) is 21.6. The van der Waals surface area contributed by atoms with Gasteiger partial charge in [-0.3, -0.25) is 14.4 Å². The Morgan fingerprint density at radius 3 is 1.59 bits per heavy atom. The number of rotatable bonds is 35. The van der Waals surface area contributed by atoms with Gasteiger partial charge < -0.3 is 37.9 Å². The summed E-state index contributed by atoms with van der Waals surface area (Å²) in [7, 11) is 0. The van der Waals surface area contributed by atoms with Gasteiger partial charge >= 0.3 is 29.8 Å². The van der Waals surface area contributed by atoms with Crippen LogP contribution in [0.1, 0.15) is 141 Å². The zero-order valence-electron chi connectivity index (χ0n) is 48.1. The standard InChI is InChI=1S/C66H81N3O13S/c1-4-7-8-15-40-69(66-68-58-20-13-14-21-60(58)83-66)67-46-52-45-57(81-64(73)49-24-22-48(23-25-49)47-79-55-32-30-53(31-33-55)75-41-16-9-11-18-43-77-61(70)5-2)38-39-59(52)82-65(74)51-28-26-50(27-29-51)63(72)80-56-36-34-54(35-37-56)76-42-17-10-12-19-44-78-62(71)6-3/h5-6,13-14,20-21,30-39,45-46,48-51H,2-4,7-12,15-19,22-29,40-44,47H2,1H3/b67-46-. The van der Waals surface area contributed by atoms with Crippen molar-refractivity contribution in [2.75, 3.05) is 44.6 Å². The molecule has 444 valence electrons. The maximum Gasteiger partial charge on any atom is 0.330 e. The Morgan fingerprint density at radius 2 is 1.04 bits per heavy atom. The first-order valence-corrected chi connectivity index (χ1v) is 30.5. The Labute approximate surface area is 492 Å². The number of esters is 5. The fourth-order valence-electron chi connectivity index (χ4n) is 9.91. The van der Waals surface area contributed by atoms with Crippen molar-refractivity contribution < 1.29 is 61.9 Å². The van der Waals surface area contributed by atoms with Crippen molar-refractivity contribution in [3.63, 3.8) is 0 Å². The third-order valence-corrected chi connectivity index (χ3v) is 15.9. The van der Waals surface area contributed by atoms with E-state index in [1.165, 1.54) is 6.08 Å². The molecule has 2 aliphatic carbocycles. The van der Waals surface area contributed by atoms with Gasteiger partial charge in [0.1, 0.15) is 34.5 Å². The summed E-state index contributed by atoms with van der Waals surface area (Å²) in [4.78, 5) is 68.3. The van der Waals surface area contributed by atoms with Gasteiger partial charge in [0.05, 0.1) is 67.2 Å².